The molecule has 2 amide bonds. The van der Waals surface area contributed by atoms with Gasteiger partial charge < -0.3 is 5.32 Å². The van der Waals surface area contributed by atoms with Crippen molar-refractivity contribution in [2.24, 2.45) is 0 Å². The van der Waals surface area contributed by atoms with Crippen LogP contribution in [0.2, 0.25) is 0 Å². The number of rotatable bonds is 7. The van der Waals surface area contributed by atoms with E-state index in [9.17, 15) is 36.4 Å². The molecular formula is C28H25F3N6O4S. The summed E-state index contributed by atoms with van der Waals surface area (Å²) >= 11 is 0. The van der Waals surface area contributed by atoms with Gasteiger partial charge in [-0.2, -0.15) is 5.26 Å². The molecule has 2 aromatic heterocycles. The van der Waals surface area contributed by atoms with Crippen LogP contribution in [0.3, 0.4) is 0 Å². The van der Waals surface area contributed by atoms with Gasteiger partial charge in [-0.05, 0) is 36.6 Å². The smallest absolute Gasteiger partial charge is 0.252 e. The van der Waals surface area contributed by atoms with Gasteiger partial charge in [0, 0.05) is 31.1 Å². The van der Waals surface area contributed by atoms with E-state index in [0.717, 1.165) is 27.7 Å². The highest BCUT2D eigenvalue weighted by Gasteiger charge is 2.49. The number of hydrogen-bond donors (Lipinski definition) is 1. The monoisotopic (exact) mass is 598 g/mol. The molecule has 2 aliphatic rings. The molecule has 1 saturated carbocycles. The fraction of sp³-hybridized carbons (Fsp3) is 0.321. The number of alkyl halides is 2. The molecule has 1 aliphatic heterocycles. The largest absolute Gasteiger partial charge is 0.351 e. The molecule has 3 heterocycles. The summed E-state index contributed by atoms with van der Waals surface area (Å²) in [6.07, 6.45) is 1.92. The van der Waals surface area contributed by atoms with Gasteiger partial charge in [0.25, 0.3) is 11.8 Å². The van der Waals surface area contributed by atoms with Crippen LogP contribution in [0.1, 0.15) is 42.0 Å². The van der Waals surface area contributed by atoms with Crippen molar-refractivity contribution in [2.75, 3.05) is 15.0 Å². The Morgan fingerprint density at radius 2 is 1.93 bits per heavy atom. The molecule has 10 nitrogen and oxygen atoms in total. The predicted molar refractivity (Wildman–Crippen MR) is 145 cm³/mol. The number of carbonyl (C=O) groups is 2. The van der Waals surface area contributed by atoms with Gasteiger partial charge in [-0.1, -0.05) is 24.3 Å². The number of nitrogens with one attached hydrogen (secondary N) is 1. The van der Waals surface area contributed by atoms with Crippen molar-refractivity contribution in [2.45, 2.75) is 50.2 Å². The minimum absolute atomic E-state index is 0.106. The fourth-order valence-electron chi connectivity index (χ4n) is 5.24. The number of amides is 2. The summed E-state index contributed by atoms with van der Waals surface area (Å²) in [7, 11) is -4.09. The van der Waals surface area contributed by atoms with Crippen LogP contribution in [0.25, 0.3) is 0 Å². The normalized spacial score (nSPS) is 19.8. The van der Waals surface area contributed by atoms with Gasteiger partial charge in [0.05, 0.1) is 35.5 Å². The fourth-order valence-corrected chi connectivity index (χ4v) is 6.92. The topological polar surface area (TPSA) is 136 Å². The molecule has 2 atom stereocenters. The van der Waals surface area contributed by atoms with Crippen molar-refractivity contribution in [1.29, 1.82) is 5.26 Å². The van der Waals surface area contributed by atoms with Crippen LogP contribution in [-0.4, -0.2) is 54.0 Å². The maximum Gasteiger partial charge on any atom is 0.252 e. The first-order valence-electron chi connectivity index (χ1n) is 13.0. The third-order valence-electron chi connectivity index (χ3n) is 7.25. The van der Waals surface area contributed by atoms with E-state index in [2.05, 4.69) is 15.3 Å². The van der Waals surface area contributed by atoms with Crippen molar-refractivity contribution in [3.05, 3.63) is 83.6 Å². The average Bonchev–Trinajstić information content (AvgIpc) is 3.25. The number of hydrogen-bond acceptors (Lipinski definition) is 7. The molecule has 3 aromatic rings. The summed E-state index contributed by atoms with van der Waals surface area (Å²) in [5.74, 6) is -6.06. The number of nitrogens with zero attached hydrogens (tertiary/aromatic N) is 5. The molecule has 0 spiro atoms. The lowest BCUT2D eigenvalue weighted by Gasteiger charge is -2.39. The second-order valence-corrected chi connectivity index (χ2v) is 12.2. The second kappa shape index (κ2) is 11.1. The molecule has 0 radical (unpaired) electrons. The Morgan fingerprint density at radius 3 is 2.60 bits per heavy atom. The van der Waals surface area contributed by atoms with E-state index in [0.29, 0.717) is 11.1 Å². The highest BCUT2D eigenvalue weighted by molar-refractivity contribution is 7.93. The predicted octanol–water partition coefficient (Wildman–Crippen LogP) is 3.39. The van der Waals surface area contributed by atoms with Gasteiger partial charge >= 0.3 is 0 Å². The minimum Gasteiger partial charge on any atom is -0.351 e. The number of pyridine rings is 2. The van der Waals surface area contributed by atoms with Crippen molar-refractivity contribution in [3.63, 3.8) is 0 Å². The Hall–Kier alpha value is -4.51. The Bertz CT molecular complexity index is 1690. The highest BCUT2D eigenvalue weighted by Crippen LogP contribution is 2.39. The number of aromatic nitrogens is 2. The molecule has 5 rings (SSSR count). The van der Waals surface area contributed by atoms with E-state index in [1.165, 1.54) is 18.3 Å². The van der Waals surface area contributed by atoms with E-state index in [1.807, 2.05) is 6.07 Å². The van der Waals surface area contributed by atoms with E-state index < -0.39 is 70.3 Å². The Morgan fingerprint density at radius 1 is 1.19 bits per heavy atom. The van der Waals surface area contributed by atoms with E-state index in [4.69, 9.17) is 0 Å². The third-order valence-corrected chi connectivity index (χ3v) is 9.04. The van der Waals surface area contributed by atoms with Gasteiger partial charge in [0.1, 0.15) is 23.7 Å². The van der Waals surface area contributed by atoms with Crippen LogP contribution in [0.5, 0.6) is 0 Å². The summed E-state index contributed by atoms with van der Waals surface area (Å²) in [6.45, 7) is 1.68. The van der Waals surface area contributed by atoms with Gasteiger partial charge in [-0.3, -0.25) is 19.5 Å². The molecule has 218 valence electrons. The van der Waals surface area contributed by atoms with Gasteiger partial charge in [-0.25, -0.2) is 30.9 Å². The minimum atomic E-state index is -4.09. The van der Waals surface area contributed by atoms with Gasteiger partial charge in [-0.15, -0.1) is 0 Å². The maximum atomic E-state index is 14.5. The summed E-state index contributed by atoms with van der Waals surface area (Å²) in [5, 5.41) is 11.9. The van der Waals surface area contributed by atoms with Gasteiger partial charge in [0.15, 0.2) is 0 Å². The lowest BCUT2D eigenvalue weighted by atomic mass is 9.87. The first-order valence-corrected chi connectivity index (χ1v) is 14.6. The van der Waals surface area contributed by atoms with Crippen molar-refractivity contribution < 1.29 is 31.2 Å². The van der Waals surface area contributed by atoms with Crippen LogP contribution in [0.4, 0.5) is 24.7 Å². The molecule has 2 fully saturated rings. The van der Waals surface area contributed by atoms with Crippen LogP contribution >= 0.6 is 0 Å². The second-order valence-electron chi connectivity index (χ2n) is 10.2. The average molecular weight is 599 g/mol. The van der Waals surface area contributed by atoms with E-state index in [-0.39, 0.29) is 23.5 Å². The number of carbonyl (C=O) groups excluding carboxylic acids is 2. The lowest BCUT2D eigenvalue weighted by Crippen LogP contribution is -2.56. The number of sulfonamides is 1. The quantitative estimate of drug-likeness (QED) is 0.440. The highest BCUT2D eigenvalue weighted by atomic mass is 32.2. The number of aryl methyl sites for hydroxylation is 1. The first kappa shape index (κ1) is 29.0. The molecule has 1 saturated heterocycles. The Balaban J connectivity index is 1.63. The zero-order chi connectivity index (χ0) is 30.2. The molecule has 1 aromatic carbocycles. The molecule has 0 bridgehead atoms. The Kier molecular flexibility index (Phi) is 7.63. The molecule has 1 aliphatic carbocycles. The van der Waals surface area contributed by atoms with E-state index >= 15 is 0 Å². The molecular weight excluding hydrogens is 573 g/mol. The maximum absolute atomic E-state index is 14.5. The number of halogens is 3. The summed E-state index contributed by atoms with van der Waals surface area (Å²) in [5.41, 5.74) is 0.841. The molecule has 0 unspecified atom stereocenters. The molecule has 1 N–H and O–H groups in total. The zero-order valence-corrected chi connectivity index (χ0v) is 23.1. The number of anilines is 2. The standard InChI is InChI=1S/C28H25F3N6O4S/c1-17-4-2-3-5-22(17)25(26(38)35-20-12-28(30,31)13-20)36(21-11-19(29)15-33-16-21)27(39)23-7-9-42(40,41)37(23)24-10-18(14-32)6-8-34-24/h2-6,8,10-11,15-16,20,23,25H,7,9,12-13H2,1H3,(H,35,38)/t23-,25+/m0/s1. The molecule has 14 heteroatoms. The van der Waals surface area contributed by atoms with Crippen molar-refractivity contribution in [3.8, 4) is 6.07 Å². The third kappa shape index (κ3) is 5.64. The summed E-state index contributed by atoms with van der Waals surface area (Å²) in [4.78, 5) is 37.2. The van der Waals surface area contributed by atoms with Crippen LogP contribution in [0.15, 0.2) is 61.1 Å². The summed E-state index contributed by atoms with van der Waals surface area (Å²) < 4.78 is 68.9. The molecule has 42 heavy (non-hydrogen) atoms. The SMILES string of the molecule is Cc1ccccc1[C@H](C(=O)NC1CC(F)(F)C1)N(C(=O)[C@@H]1CCS(=O)(=O)N1c1cc(C#N)ccn1)c1cncc(F)c1. The van der Waals surface area contributed by atoms with Gasteiger partial charge in [0.2, 0.25) is 15.9 Å². The number of nitriles is 1. The lowest BCUT2D eigenvalue weighted by molar-refractivity contribution is -0.133. The van der Waals surface area contributed by atoms with Crippen LogP contribution < -0.4 is 14.5 Å². The first-order chi connectivity index (χ1) is 19.9. The summed E-state index contributed by atoms with van der Waals surface area (Å²) in [6, 6.07) is 8.27. The Labute approximate surface area is 239 Å². The van der Waals surface area contributed by atoms with E-state index in [1.54, 1.807) is 31.2 Å². The zero-order valence-electron chi connectivity index (χ0n) is 22.2. The van der Waals surface area contributed by atoms with Crippen LogP contribution in [-0.2, 0) is 19.6 Å². The van der Waals surface area contributed by atoms with Crippen LogP contribution in [0, 0.1) is 24.1 Å². The van der Waals surface area contributed by atoms with Crippen molar-refractivity contribution in [1.82, 2.24) is 15.3 Å². The number of benzene rings is 1. The van der Waals surface area contributed by atoms with Crippen molar-refractivity contribution >= 4 is 33.3 Å².